The average molecular weight is 365 g/mol. The highest BCUT2D eigenvalue weighted by Crippen LogP contribution is 2.27. The molecule has 0 fully saturated rings. The molecule has 0 spiro atoms. The van der Waals surface area contributed by atoms with Crippen LogP contribution in [0.25, 0.3) is 0 Å². The number of carbonyl (C=O) groups is 1. The Balaban J connectivity index is 1.90. The van der Waals surface area contributed by atoms with Crippen LogP contribution >= 0.6 is 15.9 Å². The van der Waals surface area contributed by atoms with Gasteiger partial charge in [0.2, 0.25) is 5.91 Å². The second kappa shape index (κ2) is 7.29. The lowest BCUT2D eigenvalue weighted by atomic mass is 10.1. The van der Waals surface area contributed by atoms with Gasteiger partial charge in [0.1, 0.15) is 11.5 Å². The zero-order valence-electron chi connectivity index (χ0n) is 12.0. The van der Waals surface area contributed by atoms with Gasteiger partial charge in [-0.05, 0) is 49.4 Å². The number of rotatable bonds is 5. The van der Waals surface area contributed by atoms with Crippen LogP contribution in [-0.4, -0.2) is 22.7 Å². The van der Waals surface area contributed by atoms with E-state index in [4.69, 9.17) is 0 Å². The number of benzene rings is 2. The molecule has 2 aromatic carbocycles. The van der Waals surface area contributed by atoms with Crippen LogP contribution in [0.15, 0.2) is 46.9 Å². The largest absolute Gasteiger partial charge is 0.508 e. The fraction of sp³-hybridized carbons (Fsp3) is 0.188. The Kier molecular flexibility index (Phi) is 5.41. The molecular weight excluding hydrogens is 348 g/mol. The van der Waals surface area contributed by atoms with E-state index in [1.54, 1.807) is 19.1 Å². The lowest BCUT2D eigenvalue weighted by Crippen LogP contribution is -2.30. The molecule has 1 atom stereocenters. The number of carbonyl (C=O) groups excluding carboxylic acids is 1. The van der Waals surface area contributed by atoms with E-state index in [1.807, 2.05) is 12.1 Å². The average Bonchev–Trinajstić information content (AvgIpc) is 2.49. The Morgan fingerprint density at radius 3 is 2.55 bits per heavy atom. The molecule has 0 radical (unpaired) electrons. The SMILES string of the molecule is CC(NCC(=O)Nc1ccc(Br)cc1)c1cc(O)ccc1O. The van der Waals surface area contributed by atoms with Gasteiger partial charge in [0, 0.05) is 21.8 Å². The van der Waals surface area contributed by atoms with Gasteiger partial charge in [-0.25, -0.2) is 0 Å². The van der Waals surface area contributed by atoms with Crippen LogP contribution in [0.3, 0.4) is 0 Å². The van der Waals surface area contributed by atoms with Crippen molar-refractivity contribution in [2.45, 2.75) is 13.0 Å². The molecule has 6 heteroatoms. The van der Waals surface area contributed by atoms with Gasteiger partial charge in [-0.2, -0.15) is 0 Å². The quantitative estimate of drug-likeness (QED) is 0.614. The van der Waals surface area contributed by atoms with Crippen molar-refractivity contribution in [1.29, 1.82) is 0 Å². The van der Waals surface area contributed by atoms with E-state index in [-0.39, 0.29) is 30.0 Å². The highest BCUT2D eigenvalue weighted by Gasteiger charge is 2.12. The molecule has 2 rings (SSSR count). The summed E-state index contributed by atoms with van der Waals surface area (Å²) in [6, 6.07) is 11.3. The molecule has 0 aliphatic rings. The molecule has 0 heterocycles. The molecule has 0 aliphatic carbocycles. The van der Waals surface area contributed by atoms with Gasteiger partial charge in [0.05, 0.1) is 6.54 Å². The van der Waals surface area contributed by atoms with Crippen LogP contribution < -0.4 is 10.6 Å². The molecule has 5 nitrogen and oxygen atoms in total. The summed E-state index contributed by atoms with van der Waals surface area (Å²) >= 11 is 3.33. The third-order valence-corrected chi connectivity index (χ3v) is 3.70. The molecule has 4 N–H and O–H groups in total. The molecule has 1 unspecified atom stereocenters. The van der Waals surface area contributed by atoms with E-state index < -0.39 is 0 Å². The second-order valence-corrected chi connectivity index (χ2v) is 5.82. The van der Waals surface area contributed by atoms with E-state index >= 15 is 0 Å². The van der Waals surface area contributed by atoms with Crippen molar-refractivity contribution in [1.82, 2.24) is 5.32 Å². The minimum absolute atomic E-state index is 0.0702. The molecule has 2 aromatic rings. The van der Waals surface area contributed by atoms with Crippen LogP contribution in [0.2, 0.25) is 0 Å². The standard InChI is InChI=1S/C16H17BrN2O3/c1-10(14-8-13(20)6-7-15(14)21)18-9-16(22)19-12-4-2-11(17)3-5-12/h2-8,10,18,20-21H,9H2,1H3,(H,19,22). The fourth-order valence-electron chi connectivity index (χ4n) is 1.98. The van der Waals surface area contributed by atoms with Gasteiger partial charge < -0.3 is 20.8 Å². The van der Waals surface area contributed by atoms with Crippen molar-refractivity contribution < 1.29 is 15.0 Å². The van der Waals surface area contributed by atoms with Gasteiger partial charge in [0.25, 0.3) is 0 Å². The Morgan fingerprint density at radius 2 is 1.86 bits per heavy atom. The Labute approximate surface area is 137 Å². The van der Waals surface area contributed by atoms with Crippen LogP contribution in [0.1, 0.15) is 18.5 Å². The zero-order valence-corrected chi connectivity index (χ0v) is 13.6. The molecule has 22 heavy (non-hydrogen) atoms. The van der Waals surface area contributed by atoms with Gasteiger partial charge >= 0.3 is 0 Å². The fourth-order valence-corrected chi connectivity index (χ4v) is 2.25. The summed E-state index contributed by atoms with van der Waals surface area (Å²) < 4.78 is 0.941. The predicted molar refractivity (Wildman–Crippen MR) is 89.0 cm³/mol. The minimum atomic E-state index is -0.275. The first kappa shape index (κ1) is 16.3. The topological polar surface area (TPSA) is 81.6 Å². The van der Waals surface area contributed by atoms with E-state index in [9.17, 15) is 15.0 Å². The summed E-state index contributed by atoms with van der Waals surface area (Å²) in [5, 5.41) is 25.0. The highest BCUT2D eigenvalue weighted by molar-refractivity contribution is 9.10. The van der Waals surface area contributed by atoms with Crippen molar-refractivity contribution in [2.24, 2.45) is 0 Å². The second-order valence-electron chi connectivity index (χ2n) is 4.90. The van der Waals surface area contributed by atoms with Gasteiger partial charge in [-0.3, -0.25) is 4.79 Å². The number of phenols is 2. The third kappa shape index (κ3) is 4.47. The van der Waals surface area contributed by atoms with Crippen LogP contribution in [0, 0.1) is 0 Å². The molecular formula is C16H17BrN2O3. The maximum absolute atomic E-state index is 11.9. The zero-order chi connectivity index (χ0) is 16.1. The lowest BCUT2D eigenvalue weighted by Gasteiger charge is -2.15. The lowest BCUT2D eigenvalue weighted by molar-refractivity contribution is -0.115. The molecule has 0 aliphatic heterocycles. The smallest absolute Gasteiger partial charge is 0.238 e. The van der Waals surface area contributed by atoms with Crippen molar-refractivity contribution in [3.8, 4) is 11.5 Å². The summed E-state index contributed by atoms with van der Waals surface area (Å²) in [7, 11) is 0. The number of halogens is 1. The molecule has 1 amide bonds. The highest BCUT2D eigenvalue weighted by atomic mass is 79.9. The summed E-state index contributed by atoms with van der Waals surface area (Å²) in [6.45, 7) is 1.90. The Hall–Kier alpha value is -2.05. The molecule has 0 aromatic heterocycles. The Bertz CT molecular complexity index is 659. The maximum atomic E-state index is 11.9. The molecule has 0 saturated heterocycles. The predicted octanol–water partition coefficient (Wildman–Crippen LogP) is 3.15. The van der Waals surface area contributed by atoms with Crippen molar-refractivity contribution in [3.05, 3.63) is 52.5 Å². The molecule has 0 saturated carbocycles. The van der Waals surface area contributed by atoms with E-state index in [0.29, 0.717) is 11.3 Å². The number of amides is 1. The summed E-state index contributed by atoms with van der Waals surface area (Å²) in [5.74, 6) is -0.0410. The molecule has 0 bridgehead atoms. The maximum Gasteiger partial charge on any atom is 0.238 e. The summed E-state index contributed by atoms with van der Waals surface area (Å²) in [6.07, 6.45) is 0. The van der Waals surface area contributed by atoms with E-state index in [2.05, 4.69) is 26.6 Å². The van der Waals surface area contributed by atoms with Crippen molar-refractivity contribution in [2.75, 3.05) is 11.9 Å². The number of hydrogen-bond acceptors (Lipinski definition) is 4. The first-order valence-electron chi connectivity index (χ1n) is 6.76. The monoisotopic (exact) mass is 364 g/mol. The number of aromatic hydroxyl groups is 2. The minimum Gasteiger partial charge on any atom is -0.508 e. The number of phenolic OH excluding ortho intramolecular Hbond substituents is 2. The van der Waals surface area contributed by atoms with Gasteiger partial charge in [-0.1, -0.05) is 15.9 Å². The number of anilines is 1. The summed E-state index contributed by atoms with van der Waals surface area (Å²) in [5.41, 5.74) is 1.25. The Morgan fingerprint density at radius 1 is 1.18 bits per heavy atom. The van der Waals surface area contributed by atoms with Crippen LogP contribution in [0.4, 0.5) is 5.69 Å². The number of hydrogen-bond donors (Lipinski definition) is 4. The summed E-state index contributed by atoms with van der Waals surface area (Å²) in [4.78, 5) is 11.9. The van der Waals surface area contributed by atoms with E-state index in [1.165, 1.54) is 18.2 Å². The normalized spacial score (nSPS) is 11.9. The first-order chi connectivity index (χ1) is 10.5. The van der Waals surface area contributed by atoms with Gasteiger partial charge in [-0.15, -0.1) is 0 Å². The van der Waals surface area contributed by atoms with Crippen LogP contribution in [-0.2, 0) is 4.79 Å². The van der Waals surface area contributed by atoms with Crippen molar-refractivity contribution in [3.63, 3.8) is 0 Å². The van der Waals surface area contributed by atoms with E-state index in [0.717, 1.165) is 4.47 Å². The number of nitrogens with one attached hydrogen (secondary N) is 2. The first-order valence-corrected chi connectivity index (χ1v) is 7.55. The van der Waals surface area contributed by atoms with Crippen LogP contribution in [0.5, 0.6) is 11.5 Å². The van der Waals surface area contributed by atoms with Gasteiger partial charge in [0.15, 0.2) is 0 Å². The van der Waals surface area contributed by atoms with Crippen molar-refractivity contribution >= 4 is 27.5 Å². The molecule has 116 valence electrons. The third-order valence-electron chi connectivity index (χ3n) is 3.17.